The third kappa shape index (κ3) is 6.37. The molecule has 128 valence electrons. The van der Waals surface area contributed by atoms with Gasteiger partial charge in [0, 0.05) is 19.5 Å². The van der Waals surface area contributed by atoms with E-state index in [0.717, 1.165) is 5.56 Å². The van der Waals surface area contributed by atoms with Crippen molar-refractivity contribution in [3.8, 4) is 0 Å². The molecule has 0 atom stereocenters. The zero-order valence-electron chi connectivity index (χ0n) is 13.3. The first-order valence-corrected chi connectivity index (χ1v) is 8.87. The van der Waals surface area contributed by atoms with Crippen LogP contribution in [-0.2, 0) is 30.9 Å². The number of rotatable bonds is 8. The second-order valence-corrected chi connectivity index (χ2v) is 6.47. The van der Waals surface area contributed by atoms with Crippen molar-refractivity contribution in [3.63, 3.8) is 0 Å². The maximum absolute atomic E-state index is 12.0. The van der Waals surface area contributed by atoms with Crippen LogP contribution in [0.3, 0.4) is 0 Å². The summed E-state index contributed by atoms with van der Waals surface area (Å²) in [6.07, 6.45) is 0.437. The molecule has 0 aliphatic carbocycles. The Morgan fingerprint density at radius 2 is 1.78 bits per heavy atom. The number of esters is 1. The molecule has 0 saturated heterocycles. The summed E-state index contributed by atoms with van der Waals surface area (Å²) in [5.74, 6) is -0.448. The van der Waals surface area contributed by atoms with Crippen molar-refractivity contribution >= 4 is 21.9 Å². The Balaban J connectivity index is 2.77. The summed E-state index contributed by atoms with van der Waals surface area (Å²) in [5.41, 5.74) is 0.753. The van der Waals surface area contributed by atoms with E-state index in [2.05, 4.69) is 0 Å². The van der Waals surface area contributed by atoms with Gasteiger partial charge in [-0.25, -0.2) is 13.6 Å². The van der Waals surface area contributed by atoms with Crippen LogP contribution in [0.5, 0.6) is 0 Å². The minimum absolute atomic E-state index is 0.0149. The number of sulfonamides is 1. The quantitative estimate of drug-likeness (QED) is 0.710. The lowest BCUT2D eigenvalue weighted by atomic mass is 10.2. The number of carbonyl (C=O) groups excluding carboxylic acids is 2. The second kappa shape index (κ2) is 8.64. The van der Waals surface area contributed by atoms with E-state index in [0.29, 0.717) is 13.0 Å². The van der Waals surface area contributed by atoms with E-state index < -0.39 is 10.0 Å². The van der Waals surface area contributed by atoms with Gasteiger partial charge in [-0.05, 0) is 24.6 Å². The summed E-state index contributed by atoms with van der Waals surface area (Å²) < 4.78 is 27.3. The zero-order chi connectivity index (χ0) is 17.5. The molecule has 23 heavy (non-hydrogen) atoms. The average molecular weight is 342 g/mol. The van der Waals surface area contributed by atoms with Crippen molar-refractivity contribution in [2.75, 3.05) is 13.2 Å². The number of nitrogens with two attached hydrogens (primary N) is 1. The Morgan fingerprint density at radius 1 is 1.17 bits per heavy atom. The van der Waals surface area contributed by atoms with Gasteiger partial charge in [0.1, 0.15) is 0 Å². The van der Waals surface area contributed by atoms with Gasteiger partial charge in [0.25, 0.3) is 0 Å². The van der Waals surface area contributed by atoms with E-state index in [1.165, 1.54) is 12.1 Å². The number of primary sulfonamides is 1. The maximum Gasteiger partial charge on any atom is 0.307 e. The molecule has 0 radical (unpaired) electrons. The van der Waals surface area contributed by atoms with Gasteiger partial charge in [0.05, 0.1) is 17.9 Å². The van der Waals surface area contributed by atoms with Crippen molar-refractivity contribution < 1.29 is 22.7 Å². The molecule has 1 rings (SSSR count). The number of nitrogens with zero attached hydrogens (tertiary/aromatic N) is 1. The largest absolute Gasteiger partial charge is 0.466 e. The fourth-order valence-electron chi connectivity index (χ4n) is 1.98. The summed E-state index contributed by atoms with van der Waals surface area (Å²) in [6.45, 7) is 4.30. The molecule has 0 heterocycles. The molecule has 1 amide bonds. The van der Waals surface area contributed by atoms with Gasteiger partial charge in [-0.15, -0.1) is 0 Å². The van der Waals surface area contributed by atoms with Crippen LogP contribution in [0.25, 0.3) is 0 Å². The van der Waals surface area contributed by atoms with Gasteiger partial charge < -0.3 is 9.64 Å². The van der Waals surface area contributed by atoms with Crippen LogP contribution in [0.15, 0.2) is 29.2 Å². The molecule has 1 aromatic carbocycles. The van der Waals surface area contributed by atoms with Gasteiger partial charge in [-0.2, -0.15) is 0 Å². The highest BCUT2D eigenvalue weighted by Crippen LogP contribution is 2.12. The van der Waals surface area contributed by atoms with Gasteiger partial charge in [-0.1, -0.05) is 19.1 Å². The lowest BCUT2D eigenvalue weighted by Crippen LogP contribution is -2.32. The van der Waals surface area contributed by atoms with Crippen molar-refractivity contribution in [1.82, 2.24) is 4.90 Å². The zero-order valence-corrected chi connectivity index (χ0v) is 14.1. The van der Waals surface area contributed by atoms with E-state index in [9.17, 15) is 18.0 Å². The molecular weight excluding hydrogens is 320 g/mol. The third-order valence-electron chi connectivity index (χ3n) is 3.17. The van der Waals surface area contributed by atoms with Crippen molar-refractivity contribution in [2.24, 2.45) is 5.14 Å². The topological polar surface area (TPSA) is 107 Å². The number of amides is 1. The van der Waals surface area contributed by atoms with Gasteiger partial charge in [-0.3, -0.25) is 9.59 Å². The summed E-state index contributed by atoms with van der Waals surface area (Å²) in [7, 11) is -3.74. The molecule has 0 aliphatic rings. The summed E-state index contributed by atoms with van der Waals surface area (Å²) in [6, 6.07) is 5.98. The molecule has 7 nitrogen and oxygen atoms in total. The number of ether oxygens (including phenoxy) is 1. The van der Waals surface area contributed by atoms with Crippen molar-refractivity contribution in [3.05, 3.63) is 29.8 Å². The standard InChI is InChI=1S/C15H22N2O5S/c1-3-14(18)17(10-9-15(19)22-4-2)11-12-5-7-13(8-6-12)23(16,20)21/h5-8H,3-4,9-11H2,1-2H3,(H2,16,20,21). The van der Waals surface area contributed by atoms with E-state index >= 15 is 0 Å². The lowest BCUT2D eigenvalue weighted by Gasteiger charge is -2.22. The van der Waals surface area contributed by atoms with Crippen LogP contribution in [0.1, 0.15) is 32.3 Å². The predicted molar refractivity (Wildman–Crippen MR) is 84.8 cm³/mol. The molecule has 2 N–H and O–H groups in total. The lowest BCUT2D eigenvalue weighted by molar-refractivity contribution is -0.144. The van der Waals surface area contributed by atoms with Crippen LogP contribution in [0, 0.1) is 0 Å². The highest BCUT2D eigenvalue weighted by atomic mass is 32.2. The van der Waals surface area contributed by atoms with E-state index in [4.69, 9.17) is 9.88 Å². The van der Waals surface area contributed by atoms with Crippen LogP contribution in [-0.4, -0.2) is 38.3 Å². The summed E-state index contributed by atoms with van der Waals surface area (Å²) in [5, 5.41) is 5.04. The minimum atomic E-state index is -3.74. The van der Waals surface area contributed by atoms with Gasteiger partial charge in [0.15, 0.2) is 0 Å². The van der Waals surface area contributed by atoms with E-state index in [1.54, 1.807) is 30.9 Å². The Hall–Kier alpha value is -1.93. The van der Waals surface area contributed by atoms with E-state index in [-0.39, 0.29) is 36.3 Å². The number of hydrogen-bond acceptors (Lipinski definition) is 5. The Labute approximate surface area is 136 Å². The van der Waals surface area contributed by atoms with Crippen LogP contribution in [0.4, 0.5) is 0 Å². The van der Waals surface area contributed by atoms with Gasteiger partial charge in [0.2, 0.25) is 15.9 Å². The van der Waals surface area contributed by atoms with Gasteiger partial charge >= 0.3 is 5.97 Å². The molecule has 1 aromatic rings. The number of hydrogen-bond donors (Lipinski definition) is 1. The SMILES string of the molecule is CCOC(=O)CCN(Cc1ccc(S(N)(=O)=O)cc1)C(=O)CC. The Morgan fingerprint density at radius 3 is 2.26 bits per heavy atom. The molecule has 0 aromatic heterocycles. The van der Waals surface area contributed by atoms with Crippen LogP contribution in [0.2, 0.25) is 0 Å². The van der Waals surface area contributed by atoms with Crippen molar-refractivity contribution in [1.29, 1.82) is 0 Å². The molecular formula is C15H22N2O5S. The van der Waals surface area contributed by atoms with Crippen molar-refractivity contribution in [2.45, 2.75) is 38.1 Å². The fourth-order valence-corrected chi connectivity index (χ4v) is 2.50. The Kier molecular flexibility index (Phi) is 7.18. The molecule has 0 unspecified atom stereocenters. The predicted octanol–water partition coefficient (Wildman–Crippen LogP) is 1.03. The first kappa shape index (κ1) is 19.1. The van der Waals surface area contributed by atoms with Crippen LogP contribution >= 0.6 is 0 Å². The van der Waals surface area contributed by atoms with E-state index in [1.807, 2.05) is 0 Å². The fraction of sp³-hybridized carbons (Fsp3) is 0.467. The minimum Gasteiger partial charge on any atom is -0.466 e. The summed E-state index contributed by atoms with van der Waals surface area (Å²) >= 11 is 0. The highest BCUT2D eigenvalue weighted by molar-refractivity contribution is 7.89. The van der Waals surface area contributed by atoms with Crippen LogP contribution < -0.4 is 5.14 Å². The number of carbonyl (C=O) groups is 2. The molecule has 0 bridgehead atoms. The molecule has 0 fully saturated rings. The monoisotopic (exact) mass is 342 g/mol. The normalized spacial score (nSPS) is 11.1. The smallest absolute Gasteiger partial charge is 0.307 e. The highest BCUT2D eigenvalue weighted by Gasteiger charge is 2.15. The Bertz CT molecular complexity index is 640. The molecule has 8 heteroatoms. The first-order valence-electron chi connectivity index (χ1n) is 7.33. The maximum atomic E-state index is 12.0. The summed E-state index contributed by atoms with van der Waals surface area (Å²) in [4.78, 5) is 25.0. The number of benzene rings is 1. The third-order valence-corrected chi connectivity index (χ3v) is 4.10. The molecule has 0 aliphatic heterocycles. The average Bonchev–Trinajstić information content (AvgIpc) is 2.50. The first-order chi connectivity index (χ1) is 10.8. The second-order valence-electron chi connectivity index (χ2n) is 4.91. The molecule has 0 saturated carbocycles. The molecule has 0 spiro atoms.